The highest BCUT2D eigenvalue weighted by molar-refractivity contribution is 7.99. The summed E-state index contributed by atoms with van der Waals surface area (Å²) in [6.45, 7) is 5.19. The first kappa shape index (κ1) is 19.8. The molecule has 0 bridgehead atoms. The van der Waals surface area contributed by atoms with Crippen LogP contribution in [0, 0.1) is 11.7 Å². The van der Waals surface area contributed by atoms with Crippen molar-refractivity contribution in [2.75, 3.05) is 12.4 Å². The van der Waals surface area contributed by atoms with Crippen LogP contribution >= 0.6 is 23.1 Å². The second-order valence-corrected chi connectivity index (χ2v) is 9.05. The van der Waals surface area contributed by atoms with Crippen LogP contribution < -0.4 is 10.3 Å². The molecule has 0 aliphatic heterocycles. The summed E-state index contributed by atoms with van der Waals surface area (Å²) in [6, 6.07) is 9.75. The Morgan fingerprint density at radius 3 is 2.79 bits per heavy atom. The smallest absolute Gasteiger partial charge is 0.272 e. The zero-order valence-corrected chi connectivity index (χ0v) is 17.7. The maximum Gasteiger partial charge on any atom is 0.272 e. The van der Waals surface area contributed by atoms with Gasteiger partial charge in [-0.15, -0.1) is 11.3 Å². The van der Waals surface area contributed by atoms with Gasteiger partial charge in [0.05, 0.1) is 12.1 Å². The van der Waals surface area contributed by atoms with E-state index in [4.69, 9.17) is 9.72 Å². The van der Waals surface area contributed by atoms with Gasteiger partial charge in [0.2, 0.25) is 0 Å². The highest BCUT2D eigenvalue weighted by Gasteiger charge is 2.17. The Labute approximate surface area is 175 Å². The van der Waals surface area contributed by atoms with Gasteiger partial charge in [0.15, 0.2) is 5.16 Å². The molecule has 4 aromatic rings. The van der Waals surface area contributed by atoms with Crippen LogP contribution in [0.25, 0.3) is 20.4 Å². The molecule has 3 aromatic heterocycles. The summed E-state index contributed by atoms with van der Waals surface area (Å²) in [6.07, 6.45) is 1.73. The number of nitrogens with zero attached hydrogens (tertiary/aromatic N) is 3. The van der Waals surface area contributed by atoms with Crippen molar-refractivity contribution in [2.24, 2.45) is 5.92 Å². The van der Waals surface area contributed by atoms with Gasteiger partial charge in [-0.25, -0.2) is 14.4 Å². The van der Waals surface area contributed by atoms with Gasteiger partial charge in [0.1, 0.15) is 21.1 Å². The highest BCUT2D eigenvalue weighted by atomic mass is 32.2. The molecule has 4 rings (SSSR count). The first-order chi connectivity index (χ1) is 14.0. The lowest BCUT2D eigenvalue weighted by Gasteiger charge is -2.14. The summed E-state index contributed by atoms with van der Waals surface area (Å²) in [5, 5.41) is 1.59. The summed E-state index contributed by atoms with van der Waals surface area (Å²) >= 11 is 2.88. The summed E-state index contributed by atoms with van der Waals surface area (Å²) in [5.41, 5.74) is 0.693. The quantitative estimate of drug-likeness (QED) is 0.236. The molecule has 150 valence electrons. The molecule has 0 aliphatic carbocycles. The van der Waals surface area contributed by atoms with Gasteiger partial charge < -0.3 is 4.74 Å². The van der Waals surface area contributed by atoms with E-state index in [0.717, 1.165) is 10.2 Å². The molecule has 0 N–H and O–H groups in total. The minimum Gasteiger partial charge on any atom is -0.493 e. The molecule has 0 aliphatic rings. The van der Waals surface area contributed by atoms with Crippen LogP contribution in [0.15, 0.2) is 52.5 Å². The Balaban J connectivity index is 1.61. The molecule has 0 spiro atoms. The Kier molecular flexibility index (Phi) is 5.82. The summed E-state index contributed by atoms with van der Waals surface area (Å²) < 4.78 is 21.1. The number of benzene rings is 1. The molecule has 3 heterocycles. The van der Waals surface area contributed by atoms with E-state index in [1.165, 1.54) is 35.2 Å². The first-order valence-electron chi connectivity index (χ1n) is 9.32. The van der Waals surface area contributed by atoms with Crippen LogP contribution in [0.5, 0.6) is 5.75 Å². The summed E-state index contributed by atoms with van der Waals surface area (Å²) in [4.78, 5) is 23.2. The molecule has 0 radical (unpaired) electrons. The van der Waals surface area contributed by atoms with Crippen molar-refractivity contribution in [3.05, 3.63) is 58.8 Å². The van der Waals surface area contributed by atoms with E-state index in [1.54, 1.807) is 22.9 Å². The Morgan fingerprint density at radius 2 is 2.03 bits per heavy atom. The van der Waals surface area contributed by atoms with Gasteiger partial charge >= 0.3 is 0 Å². The molecule has 8 heteroatoms. The topological polar surface area (TPSA) is 57.0 Å². The van der Waals surface area contributed by atoms with Crippen LogP contribution in [0.3, 0.4) is 0 Å². The zero-order chi connectivity index (χ0) is 20.4. The maximum absolute atomic E-state index is 13.2. The lowest BCUT2D eigenvalue weighted by molar-refractivity contribution is 0.343. The second-order valence-electron chi connectivity index (χ2n) is 6.99. The number of hydrogen-bond donors (Lipinski definition) is 0. The number of ether oxygens (including phenoxy) is 1. The Hall–Kier alpha value is -2.45. The van der Waals surface area contributed by atoms with Gasteiger partial charge in [0, 0.05) is 23.9 Å². The van der Waals surface area contributed by atoms with Gasteiger partial charge in [0.25, 0.3) is 5.56 Å². The number of aromatic nitrogens is 3. The molecule has 0 unspecified atom stereocenters. The van der Waals surface area contributed by atoms with Gasteiger partial charge in [-0.05, 0) is 42.3 Å². The molecule has 0 fully saturated rings. The van der Waals surface area contributed by atoms with E-state index in [-0.39, 0.29) is 11.4 Å². The van der Waals surface area contributed by atoms with Crippen molar-refractivity contribution in [3.8, 4) is 5.75 Å². The number of rotatable bonds is 7. The monoisotopic (exact) mass is 429 g/mol. The van der Waals surface area contributed by atoms with Crippen molar-refractivity contribution >= 4 is 43.5 Å². The third-order valence-corrected chi connectivity index (χ3v) is 6.29. The number of thiophene rings is 1. The van der Waals surface area contributed by atoms with E-state index in [0.29, 0.717) is 45.9 Å². The van der Waals surface area contributed by atoms with Crippen molar-refractivity contribution in [3.63, 3.8) is 0 Å². The lowest BCUT2D eigenvalue weighted by atomic mass is 10.2. The zero-order valence-electron chi connectivity index (χ0n) is 16.1. The largest absolute Gasteiger partial charge is 0.493 e. The minimum atomic E-state index is -0.292. The van der Waals surface area contributed by atoms with Gasteiger partial charge in [-0.3, -0.25) is 9.36 Å². The standard InChI is InChI=1S/C21H20FN3O2S2/c1-13(2)12-25-20(26)18-17(16-4-3-9-23-19(16)29-18)24-21(25)28-11-10-27-15-7-5-14(22)6-8-15/h3-9,13H,10-12H2,1-2H3. The fourth-order valence-corrected chi connectivity index (χ4v) is 4.85. The first-order valence-corrected chi connectivity index (χ1v) is 11.1. The number of pyridine rings is 1. The third kappa shape index (κ3) is 4.28. The average Bonchev–Trinajstić information content (AvgIpc) is 3.08. The SMILES string of the molecule is CC(C)Cn1c(SCCOc2ccc(F)cc2)nc2c(sc3ncccc32)c1=O. The molecule has 0 saturated heterocycles. The average molecular weight is 430 g/mol. The van der Waals surface area contributed by atoms with E-state index in [2.05, 4.69) is 18.8 Å². The number of thioether (sulfide) groups is 1. The van der Waals surface area contributed by atoms with Gasteiger partial charge in [-0.2, -0.15) is 0 Å². The fraction of sp³-hybridized carbons (Fsp3) is 0.286. The fourth-order valence-electron chi connectivity index (χ4n) is 3.00. The van der Waals surface area contributed by atoms with Crippen LogP contribution in [-0.2, 0) is 6.54 Å². The van der Waals surface area contributed by atoms with Crippen molar-refractivity contribution in [1.29, 1.82) is 0 Å². The van der Waals surface area contributed by atoms with Crippen LogP contribution in [0.4, 0.5) is 4.39 Å². The van der Waals surface area contributed by atoms with Crippen molar-refractivity contribution < 1.29 is 9.13 Å². The van der Waals surface area contributed by atoms with E-state index >= 15 is 0 Å². The van der Waals surface area contributed by atoms with E-state index < -0.39 is 0 Å². The summed E-state index contributed by atoms with van der Waals surface area (Å²) in [5.74, 6) is 1.26. The predicted octanol–water partition coefficient (Wildman–Crippen LogP) is 4.97. The molecule has 0 saturated carbocycles. The third-order valence-electron chi connectivity index (χ3n) is 4.26. The van der Waals surface area contributed by atoms with E-state index in [9.17, 15) is 9.18 Å². The minimum absolute atomic E-state index is 0.0198. The Morgan fingerprint density at radius 1 is 1.24 bits per heavy atom. The second kappa shape index (κ2) is 8.51. The molecule has 1 aromatic carbocycles. The van der Waals surface area contributed by atoms with Crippen LogP contribution in [0.2, 0.25) is 0 Å². The molecular formula is C21H20FN3O2S2. The summed E-state index contributed by atoms with van der Waals surface area (Å²) in [7, 11) is 0. The molecule has 0 atom stereocenters. The van der Waals surface area contributed by atoms with Crippen LogP contribution in [-0.4, -0.2) is 26.9 Å². The molecule has 29 heavy (non-hydrogen) atoms. The van der Waals surface area contributed by atoms with Crippen LogP contribution in [0.1, 0.15) is 13.8 Å². The molecule has 0 amide bonds. The predicted molar refractivity (Wildman–Crippen MR) is 117 cm³/mol. The van der Waals surface area contributed by atoms with Gasteiger partial charge in [-0.1, -0.05) is 25.6 Å². The number of halogens is 1. The maximum atomic E-state index is 13.2. The van der Waals surface area contributed by atoms with Crippen molar-refractivity contribution in [1.82, 2.24) is 14.5 Å². The normalized spacial score (nSPS) is 11.6. The Bertz CT molecular complexity index is 1200. The number of fused-ring (bicyclic) bond motifs is 3. The molecule has 5 nitrogen and oxygen atoms in total. The number of hydrogen-bond acceptors (Lipinski definition) is 6. The molecular weight excluding hydrogens is 409 g/mol. The van der Waals surface area contributed by atoms with Crippen molar-refractivity contribution in [2.45, 2.75) is 25.5 Å². The van der Waals surface area contributed by atoms with E-state index in [1.807, 2.05) is 12.1 Å². The highest BCUT2D eigenvalue weighted by Crippen LogP contribution is 2.30. The lowest BCUT2D eigenvalue weighted by Crippen LogP contribution is -2.25.